The van der Waals surface area contributed by atoms with E-state index < -0.39 is 0 Å². The van der Waals surface area contributed by atoms with Gasteiger partial charge in [0.25, 0.3) is 0 Å². The van der Waals surface area contributed by atoms with Crippen LogP contribution in [0.5, 0.6) is 11.5 Å². The van der Waals surface area contributed by atoms with Crippen LogP contribution in [-0.2, 0) is 6.42 Å². The number of ether oxygens (including phenoxy) is 2. The van der Waals surface area contributed by atoms with Crippen LogP contribution < -0.4 is 15.2 Å². The Hall–Kier alpha value is -1.29. The monoisotopic (exact) mass is 239 g/mol. The van der Waals surface area contributed by atoms with Gasteiger partial charge in [-0.15, -0.1) is 0 Å². The number of rotatable bonds is 5. The smallest absolute Gasteiger partial charge is 0.160 e. The zero-order chi connectivity index (χ0) is 12.1. The van der Waals surface area contributed by atoms with Crippen molar-refractivity contribution in [2.45, 2.75) is 13.3 Å². The predicted octanol–water partition coefficient (Wildman–Crippen LogP) is 2.17. The molecule has 2 N–H and O–H groups in total. The highest BCUT2D eigenvalue weighted by Gasteiger charge is 2.09. The summed E-state index contributed by atoms with van der Waals surface area (Å²) in [6.07, 6.45) is 0.815. The van der Waals surface area contributed by atoms with E-state index in [1.54, 1.807) is 14.2 Å². The van der Waals surface area contributed by atoms with Gasteiger partial charge in [0.05, 0.1) is 19.2 Å². The molecular formula is C12H17NO2S. The van der Waals surface area contributed by atoms with Crippen LogP contribution in [0.3, 0.4) is 0 Å². The largest absolute Gasteiger partial charge is 0.493 e. The van der Waals surface area contributed by atoms with Gasteiger partial charge in [0, 0.05) is 5.92 Å². The van der Waals surface area contributed by atoms with E-state index in [9.17, 15) is 0 Å². The molecule has 0 amide bonds. The molecule has 1 rings (SSSR count). The van der Waals surface area contributed by atoms with Crippen molar-refractivity contribution in [1.29, 1.82) is 0 Å². The molecule has 0 heterocycles. The first-order valence-corrected chi connectivity index (χ1v) is 5.49. The van der Waals surface area contributed by atoms with E-state index in [0.29, 0.717) is 4.99 Å². The Morgan fingerprint density at radius 1 is 1.31 bits per heavy atom. The molecule has 0 fully saturated rings. The third-order valence-electron chi connectivity index (χ3n) is 2.48. The Morgan fingerprint density at radius 3 is 2.44 bits per heavy atom. The van der Waals surface area contributed by atoms with Crippen LogP contribution in [0.2, 0.25) is 0 Å². The summed E-state index contributed by atoms with van der Waals surface area (Å²) in [6, 6.07) is 5.84. The maximum Gasteiger partial charge on any atom is 0.160 e. The molecule has 1 unspecified atom stereocenters. The van der Waals surface area contributed by atoms with Gasteiger partial charge in [0.1, 0.15) is 0 Å². The molecule has 0 bridgehead atoms. The number of hydrogen-bond acceptors (Lipinski definition) is 3. The first-order valence-electron chi connectivity index (χ1n) is 5.08. The fourth-order valence-corrected chi connectivity index (χ4v) is 1.55. The molecule has 0 aliphatic carbocycles. The quantitative estimate of drug-likeness (QED) is 0.800. The molecule has 88 valence electrons. The second-order valence-electron chi connectivity index (χ2n) is 3.70. The lowest BCUT2D eigenvalue weighted by molar-refractivity contribution is 0.354. The zero-order valence-electron chi connectivity index (χ0n) is 9.82. The molecule has 1 aromatic rings. The second kappa shape index (κ2) is 5.70. The van der Waals surface area contributed by atoms with Crippen molar-refractivity contribution in [3.63, 3.8) is 0 Å². The summed E-state index contributed by atoms with van der Waals surface area (Å²) in [5.41, 5.74) is 6.72. The molecule has 0 aromatic heterocycles. The van der Waals surface area contributed by atoms with Crippen LogP contribution in [0.1, 0.15) is 12.5 Å². The summed E-state index contributed by atoms with van der Waals surface area (Å²) in [7, 11) is 3.24. The topological polar surface area (TPSA) is 44.5 Å². The van der Waals surface area contributed by atoms with Gasteiger partial charge in [-0.05, 0) is 24.1 Å². The maximum atomic E-state index is 5.59. The molecular weight excluding hydrogens is 222 g/mol. The summed E-state index contributed by atoms with van der Waals surface area (Å²) in [4.78, 5) is 0.537. The van der Waals surface area contributed by atoms with E-state index in [2.05, 4.69) is 0 Å². The van der Waals surface area contributed by atoms with E-state index in [0.717, 1.165) is 23.5 Å². The minimum Gasteiger partial charge on any atom is -0.493 e. The second-order valence-corrected chi connectivity index (χ2v) is 4.17. The molecule has 0 saturated heterocycles. The number of nitrogens with two attached hydrogens (primary N) is 1. The SMILES string of the molecule is COc1ccc(CC(C)C(N)=S)cc1OC. The van der Waals surface area contributed by atoms with Crippen molar-refractivity contribution in [2.75, 3.05) is 14.2 Å². The number of thiocarbonyl (C=S) groups is 1. The van der Waals surface area contributed by atoms with Crippen LogP contribution in [-0.4, -0.2) is 19.2 Å². The van der Waals surface area contributed by atoms with Gasteiger partial charge in [-0.1, -0.05) is 25.2 Å². The molecule has 0 saturated carbocycles. The Morgan fingerprint density at radius 2 is 1.94 bits per heavy atom. The van der Waals surface area contributed by atoms with Gasteiger partial charge < -0.3 is 15.2 Å². The fraction of sp³-hybridized carbons (Fsp3) is 0.417. The van der Waals surface area contributed by atoms with Crippen molar-refractivity contribution in [3.05, 3.63) is 23.8 Å². The van der Waals surface area contributed by atoms with Crippen molar-refractivity contribution < 1.29 is 9.47 Å². The van der Waals surface area contributed by atoms with Gasteiger partial charge in [-0.25, -0.2) is 0 Å². The standard InChI is InChI=1S/C12H17NO2S/c1-8(12(13)16)6-9-4-5-10(14-2)11(7-9)15-3/h4-5,7-8H,6H2,1-3H3,(H2,13,16). The summed E-state index contributed by atoms with van der Waals surface area (Å²) in [5, 5.41) is 0. The molecule has 0 aliphatic heterocycles. The molecule has 0 aliphatic rings. The normalized spacial score (nSPS) is 11.9. The van der Waals surface area contributed by atoms with Crippen molar-refractivity contribution in [2.24, 2.45) is 11.7 Å². The Labute approximate surface area is 102 Å². The van der Waals surface area contributed by atoms with Gasteiger partial charge in [0.15, 0.2) is 11.5 Å². The van der Waals surface area contributed by atoms with E-state index in [1.165, 1.54) is 0 Å². The minimum atomic E-state index is 0.188. The first-order chi connectivity index (χ1) is 7.58. The molecule has 0 radical (unpaired) electrons. The van der Waals surface area contributed by atoms with Crippen LogP contribution in [0.25, 0.3) is 0 Å². The molecule has 0 spiro atoms. The summed E-state index contributed by atoms with van der Waals surface area (Å²) >= 11 is 4.95. The van der Waals surface area contributed by atoms with E-state index >= 15 is 0 Å². The number of hydrogen-bond donors (Lipinski definition) is 1. The number of benzene rings is 1. The number of methoxy groups -OCH3 is 2. The summed E-state index contributed by atoms with van der Waals surface area (Å²) in [5.74, 6) is 1.65. The predicted molar refractivity (Wildman–Crippen MR) is 69.2 cm³/mol. The van der Waals surface area contributed by atoms with Gasteiger partial charge >= 0.3 is 0 Å². The average Bonchev–Trinajstić information content (AvgIpc) is 2.28. The van der Waals surface area contributed by atoms with Crippen molar-refractivity contribution in [1.82, 2.24) is 0 Å². The van der Waals surface area contributed by atoms with E-state index in [1.807, 2.05) is 25.1 Å². The lowest BCUT2D eigenvalue weighted by Gasteiger charge is -2.12. The molecule has 1 atom stereocenters. The molecule has 4 heteroatoms. The summed E-state index contributed by atoms with van der Waals surface area (Å²) < 4.78 is 10.4. The lowest BCUT2D eigenvalue weighted by atomic mass is 10.0. The fourth-order valence-electron chi connectivity index (χ4n) is 1.46. The highest BCUT2D eigenvalue weighted by atomic mass is 32.1. The van der Waals surface area contributed by atoms with Crippen LogP contribution in [0, 0.1) is 5.92 Å². The van der Waals surface area contributed by atoms with Crippen LogP contribution >= 0.6 is 12.2 Å². The van der Waals surface area contributed by atoms with Crippen molar-refractivity contribution >= 4 is 17.2 Å². The Kier molecular flexibility index (Phi) is 4.55. The Bertz CT molecular complexity index is 379. The molecule has 1 aromatic carbocycles. The van der Waals surface area contributed by atoms with Crippen molar-refractivity contribution in [3.8, 4) is 11.5 Å². The Balaban J connectivity index is 2.86. The highest BCUT2D eigenvalue weighted by Crippen LogP contribution is 2.28. The van der Waals surface area contributed by atoms with E-state index in [-0.39, 0.29) is 5.92 Å². The molecule has 16 heavy (non-hydrogen) atoms. The summed E-state index contributed by atoms with van der Waals surface area (Å²) in [6.45, 7) is 2.01. The third kappa shape index (κ3) is 3.10. The van der Waals surface area contributed by atoms with E-state index in [4.69, 9.17) is 27.4 Å². The highest BCUT2D eigenvalue weighted by molar-refractivity contribution is 7.80. The molecule has 3 nitrogen and oxygen atoms in total. The third-order valence-corrected chi connectivity index (χ3v) is 2.88. The maximum absolute atomic E-state index is 5.59. The van der Waals surface area contributed by atoms with Gasteiger partial charge in [-0.2, -0.15) is 0 Å². The average molecular weight is 239 g/mol. The zero-order valence-corrected chi connectivity index (χ0v) is 10.6. The first kappa shape index (κ1) is 12.8. The lowest BCUT2D eigenvalue weighted by Crippen LogP contribution is -2.20. The van der Waals surface area contributed by atoms with Gasteiger partial charge in [-0.3, -0.25) is 0 Å². The van der Waals surface area contributed by atoms with Gasteiger partial charge in [0.2, 0.25) is 0 Å². The van der Waals surface area contributed by atoms with Crippen LogP contribution in [0.15, 0.2) is 18.2 Å². The minimum absolute atomic E-state index is 0.188. The van der Waals surface area contributed by atoms with Crippen LogP contribution in [0.4, 0.5) is 0 Å².